The Morgan fingerprint density at radius 1 is 1.28 bits per heavy atom. The first-order valence-corrected chi connectivity index (χ1v) is 10.1. The summed E-state index contributed by atoms with van der Waals surface area (Å²) in [5, 5.41) is 9.87. The molecule has 2 fully saturated rings. The van der Waals surface area contributed by atoms with E-state index in [9.17, 15) is 5.11 Å². The Hall–Kier alpha value is -1.28. The minimum absolute atomic E-state index is 0.364. The lowest BCUT2D eigenvalue weighted by molar-refractivity contribution is 0.0199. The number of rotatable bonds is 3. The summed E-state index contributed by atoms with van der Waals surface area (Å²) in [6.07, 6.45) is 9.96. The van der Waals surface area contributed by atoms with Crippen molar-refractivity contribution in [3.63, 3.8) is 0 Å². The highest BCUT2D eigenvalue weighted by Gasteiger charge is 2.56. The van der Waals surface area contributed by atoms with E-state index in [0.29, 0.717) is 17.1 Å². The predicted octanol–water partition coefficient (Wildman–Crippen LogP) is 5.46. The zero-order valence-electron chi connectivity index (χ0n) is 15.9. The standard InChI is InChI=1S/C23H32O2/c1-4-16-14-21-19-9-7-18(24)13-15(19)5-8-20(21)22-10-6-17(11-12-25-3)23(16,22)2/h7,9,11,13,16,20-22,24H,4-6,8,10,12,14H2,1-3H3. The number of phenols is 1. The third-order valence-corrected chi connectivity index (χ3v) is 7.87. The van der Waals surface area contributed by atoms with Crippen LogP contribution in [0, 0.1) is 23.2 Å². The number of benzene rings is 1. The summed E-state index contributed by atoms with van der Waals surface area (Å²) in [4.78, 5) is 0. The average Bonchev–Trinajstić information content (AvgIpc) is 2.95. The van der Waals surface area contributed by atoms with Gasteiger partial charge in [-0.1, -0.05) is 38.0 Å². The molecule has 0 amide bonds. The number of phenolic OH excluding ortho intramolecular Hbond substituents is 1. The molecule has 0 saturated heterocycles. The van der Waals surface area contributed by atoms with Crippen molar-refractivity contribution < 1.29 is 9.84 Å². The van der Waals surface area contributed by atoms with E-state index in [-0.39, 0.29) is 0 Å². The van der Waals surface area contributed by atoms with Crippen molar-refractivity contribution >= 4 is 0 Å². The molecule has 136 valence electrons. The first-order chi connectivity index (χ1) is 12.1. The number of aryl methyl sites for hydroxylation is 1. The summed E-state index contributed by atoms with van der Waals surface area (Å²) in [6, 6.07) is 6.13. The monoisotopic (exact) mass is 340 g/mol. The Labute approximate surface area is 152 Å². The van der Waals surface area contributed by atoms with E-state index in [1.807, 2.05) is 12.1 Å². The fourth-order valence-corrected chi connectivity index (χ4v) is 6.70. The fourth-order valence-electron chi connectivity index (χ4n) is 6.70. The van der Waals surface area contributed by atoms with Crippen LogP contribution in [0.15, 0.2) is 29.8 Å². The SMILES string of the molecule is CCC1CC2c3ccc(O)cc3CCC2C2CCC(=CCOC)C12C. The van der Waals surface area contributed by atoms with Gasteiger partial charge >= 0.3 is 0 Å². The highest BCUT2D eigenvalue weighted by Crippen LogP contribution is 2.65. The van der Waals surface area contributed by atoms with Crippen molar-refractivity contribution in [2.45, 2.75) is 58.3 Å². The second kappa shape index (κ2) is 6.46. The average molecular weight is 341 g/mol. The molecular formula is C23H32O2. The molecule has 1 aromatic rings. The van der Waals surface area contributed by atoms with Crippen LogP contribution in [0.4, 0.5) is 0 Å². The molecule has 2 saturated carbocycles. The topological polar surface area (TPSA) is 29.5 Å². The van der Waals surface area contributed by atoms with Gasteiger partial charge in [-0.2, -0.15) is 0 Å². The highest BCUT2D eigenvalue weighted by atomic mass is 16.5. The van der Waals surface area contributed by atoms with E-state index >= 15 is 0 Å². The van der Waals surface area contributed by atoms with Crippen LogP contribution in [0.25, 0.3) is 0 Å². The van der Waals surface area contributed by atoms with Gasteiger partial charge in [0.15, 0.2) is 0 Å². The lowest BCUT2D eigenvalue weighted by Crippen LogP contribution is -2.46. The molecule has 0 bridgehead atoms. The van der Waals surface area contributed by atoms with Crippen molar-refractivity contribution in [3.8, 4) is 5.75 Å². The van der Waals surface area contributed by atoms with Gasteiger partial charge in [-0.3, -0.25) is 0 Å². The van der Waals surface area contributed by atoms with E-state index in [4.69, 9.17) is 4.74 Å². The van der Waals surface area contributed by atoms with Gasteiger partial charge in [0.05, 0.1) is 6.61 Å². The highest BCUT2D eigenvalue weighted by molar-refractivity contribution is 5.41. The molecule has 5 unspecified atom stereocenters. The minimum Gasteiger partial charge on any atom is -0.508 e. The number of fused-ring (bicyclic) bond motifs is 5. The summed E-state index contributed by atoms with van der Waals surface area (Å²) in [5.41, 5.74) is 4.96. The van der Waals surface area contributed by atoms with Crippen LogP contribution in [0.1, 0.15) is 63.0 Å². The lowest BCUT2D eigenvalue weighted by Gasteiger charge is -2.54. The van der Waals surface area contributed by atoms with Crippen molar-refractivity contribution in [2.24, 2.45) is 23.2 Å². The van der Waals surface area contributed by atoms with Gasteiger partial charge in [0.2, 0.25) is 0 Å². The van der Waals surface area contributed by atoms with E-state index < -0.39 is 0 Å². The molecule has 2 heteroatoms. The van der Waals surface area contributed by atoms with Crippen LogP contribution in [0.3, 0.4) is 0 Å². The second-order valence-electron chi connectivity index (χ2n) is 8.65. The zero-order chi connectivity index (χ0) is 17.6. The van der Waals surface area contributed by atoms with Gasteiger partial charge in [0, 0.05) is 7.11 Å². The van der Waals surface area contributed by atoms with Gasteiger partial charge < -0.3 is 9.84 Å². The summed E-state index contributed by atoms with van der Waals surface area (Å²) >= 11 is 0. The van der Waals surface area contributed by atoms with Gasteiger partial charge in [0.1, 0.15) is 5.75 Å². The van der Waals surface area contributed by atoms with Crippen LogP contribution in [-0.4, -0.2) is 18.8 Å². The van der Waals surface area contributed by atoms with Gasteiger partial charge in [-0.05, 0) is 84.5 Å². The van der Waals surface area contributed by atoms with Crippen LogP contribution in [0.5, 0.6) is 5.75 Å². The molecule has 25 heavy (non-hydrogen) atoms. The van der Waals surface area contributed by atoms with Gasteiger partial charge in [-0.15, -0.1) is 0 Å². The molecule has 3 aliphatic carbocycles. The summed E-state index contributed by atoms with van der Waals surface area (Å²) < 4.78 is 5.36. The second-order valence-corrected chi connectivity index (χ2v) is 8.65. The Morgan fingerprint density at radius 3 is 2.88 bits per heavy atom. The molecular weight excluding hydrogens is 308 g/mol. The predicted molar refractivity (Wildman–Crippen MR) is 102 cm³/mol. The normalized spacial score (nSPS) is 38.3. The summed E-state index contributed by atoms with van der Waals surface area (Å²) in [5.74, 6) is 3.48. The van der Waals surface area contributed by atoms with Gasteiger partial charge in [-0.25, -0.2) is 0 Å². The van der Waals surface area contributed by atoms with Crippen molar-refractivity contribution in [1.29, 1.82) is 0 Å². The van der Waals surface area contributed by atoms with Gasteiger partial charge in [0.25, 0.3) is 0 Å². The molecule has 2 nitrogen and oxygen atoms in total. The molecule has 0 aromatic heterocycles. The van der Waals surface area contributed by atoms with E-state index in [1.165, 1.54) is 43.2 Å². The molecule has 0 radical (unpaired) electrons. The molecule has 1 aromatic carbocycles. The van der Waals surface area contributed by atoms with Crippen molar-refractivity contribution in [2.75, 3.05) is 13.7 Å². The number of hydrogen-bond acceptors (Lipinski definition) is 2. The first-order valence-electron chi connectivity index (χ1n) is 10.1. The summed E-state index contributed by atoms with van der Waals surface area (Å²) in [6.45, 7) is 5.69. The number of hydrogen-bond donors (Lipinski definition) is 1. The summed E-state index contributed by atoms with van der Waals surface area (Å²) in [7, 11) is 1.80. The minimum atomic E-state index is 0.364. The maximum atomic E-state index is 9.87. The first kappa shape index (κ1) is 17.1. The van der Waals surface area contributed by atoms with Crippen LogP contribution < -0.4 is 0 Å². The smallest absolute Gasteiger partial charge is 0.115 e. The Kier molecular flexibility index (Phi) is 4.43. The number of aromatic hydroxyl groups is 1. The van der Waals surface area contributed by atoms with Crippen LogP contribution in [-0.2, 0) is 11.2 Å². The van der Waals surface area contributed by atoms with Crippen LogP contribution in [0.2, 0.25) is 0 Å². The Balaban J connectivity index is 1.72. The molecule has 1 N–H and O–H groups in total. The van der Waals surface area contributed by atoms with Crippen LogP contribution >= 0.6 is 0 Å². The fraction of sp³-hybridized carbons (Fsp3) is 0.652. The molecule has 0 heterocycles. The number of ether oxygens (including phenoxy) is 1. The Bertz CT molecular complexity index is 677. The maximum absolute atomic E-state index is 9.87. The van der Waals surface area contributed by atoms with Crippen molar-refractivity contribution in [3.05, 3.63) is 41.0 Å². The molecule has 5 atom stereocenters. The number of allylic oxidation sites excluding steroid dienone is 1. The quantitative estimate of drug-likeness (QED) is 0.741. The largest absolute Gasteiger partial charge is 0.508 e. The maximum Gasteiger partial charge on any atom is 0.115 e. The zero-order valence-corrected chi connectivity index (χ0v) is 15.9. The van der Waals surface area contributed by atoms with E-state index in [0.717, 1.165) is 30.8 Å². The molecule has 0 aliphatic heterocycles. The molecule has 3 aliphatic rings. The van der Waals surface area contributed by atoms with E-state index in [1.54, 1.807) is 12.7 Å². The molecule has 4 rings (SSSR count). The van der Waals surface area contributed by atoms with E-state index in [2.05, 4.69) is 26.0 Å². The Morgan fingerprint density at radius 2 is 2.12 bits per heavy atom. The van der Waals surface area contributed by atoms with Crippen molar-refractivity contribution in [1.82, 2.24) is 0 Å². The third-order valence-electron chi connectivity index (χ3n) is 7.87. The number of methoxy groups -OCH3 is 1. The third kappa shape index (κ3) is 2.56. The molecule has 0 spiro atoms. The lowest BCUT2D eigenvalue weighted by atomic mass is 9.50.